The lowest BCUT2D eigenvalue weighted by Gasteiger charge is -2.28. The molecule has 31 heavy (non-hydrogen) atoms. The third kappa shape index (κ3) is 2.72. The van der Waals surface area contributed by atoms with E-state index < -0.39 is 12.0 Å². The highest BCUT2D eigenvalue weighted by Gasteiger charge is 2.60. The average molecular weight is 426 g/mol. The first kappa shape index (κ1) is 18.3. The molecule has 0 aliphatic carbocycles. The second kappa shape index (κ2) is 7.04. The Bertz CT molecular complexity index is 1280. The van der Waals surface area contributed by atoms with Crippen LogP contribution in [0.5, 0.6) is 0 Å². The summed E-state index contributed by atoms with van der Waals surface area (Å²) in [5.41, 5.74) is 1.44. The fourth-order valence-electron chi connectivity index (χ4n) is 4.60. The maximum Gasteiger partial charge on any atom is 0.266 e. The third-order valence-electron chi connectivity index (χ3n) is 5.97. The van der Waals surface area contributed by atoms with Crippen molar-refractivity contribution in [3.63, 3.8) is 0 Å². The van der Waals surface area contributed by atoms with Crippen molar-refractivity contribution in [2.45, 2.75) is 12.1 Å². The maximum absolute atomic E-state index is 13.7. The molecule has 0 unspecified atom stereocenters. The van der Waals surface area contributed by atoms with Gasteiger partial charge in [0.1, 0.15) is 12.0 Å². The van der Waals surface area contributed by atoms with Gasteiger partial charge in [0.25, 0.3) is 5.91 Å². The number of para-hydroxylation sites is 1. The standard InChI is InChI=1S/C25H18N2O3S/c28-24-21-22(20-14-7-15-31-20)27(17-10-2-1-3-11-17)30-23(21)25(29)26(24)19-13-6-9-16-8-4-5-12-18(16)19/h1-15,21-23H/t21-,22-,23-/m1/s1. The molecule has 2 aliphatic heterocycles. The molecular formula is C25H18N2O3S. The first-order valence-electron chi connectivity index (χ1n) is 10.1. The van der Waals surface area contributed by atoms with Crippen molar-refractivity contribution < 1.29 is 14.4 Å². The molecule has 3 atom stereocenters. The molecule has 0 N–H and O–H groups in total. The molecule has 0 saturated carbocycles. The largest absolute Gasteiger partial charge is 0.273 e. The van der Waals surface area contributed by atoms with Crippen molar-refractivity contribution >= 4 is 45.3 Å². The molecule has 2 saturated heterocycles. The third-order valence-corrected chi connectivity index (χ3v) is 6.91. The predicted molar refractivity (Wildman–Crippen MR) is 121 cm³/mol. The molecule has 3 aromatic carbocycles. The minimum atomic E-state index is -0.848. The van der Waals surface area contributed by atoms with Gasteiger partial charge in [0.2, 0.25) is 5.91 Å². The fraction of sp³-hybridized carbons (Fsp3) is 0.120. The molecule has 1 aromatic heterocycles. The van der Waals surface area contributed by atoms with E-state index in [0.717, 1.165) is 21.3 Å². The van der Waals surface area contributed by atoms with Gasteiger partial charge in [-0.05, 0) is 35.0 Å². The minimum Gasteiger partial charge on any atom is -0.273 e. The van der Waals surface area contributed by atoms with Crippen LogP contribution in [0.1, 0.15) is 10.9 Å². The predicted octanol–water partition coefficient (Wildman–Crippen LogP) is 4.95. The van der Waals surface area contributed by atoms with Crippen molar-refractivity contribution in [3.8, 4) is 0 Å². The van der Waals surface area contributed by atoms with Crippen molar-refractivity contribution in [2.24, 2.45) is 5.92 Å². The normalized spacial score (nSPS) is 23.0. The quantitative estimate of drug-likeness (QED) is 0.435. The molecule has 3 heterocycles. The molecule has 0 spiro atoms. The van der Waals surface area contributed by atoms with Gasteiger partial charge in [0.05, 0.1) is 11.4 Å². The van der Waals surface area contributed by atoms with Gasteiger partial charge in [0, 0.05) is 10.3 Å². The van der Waals surface area contributed by atoms with E-state index in [1.807, 2.05) is 90.3 Å². The highest BCUT2D eigenvalue weighted by molar-refractivity contribution is 7.10. The molecule has 152 valence electrons. The summed E-state index contributed by atoms with van der Waals surface area (Å²) in [7, 11) is 0. The Morgan fingerprint density at radius 3 is 2.35 bits per heavy atom. The maximum atomic E-state index is 13.7. The van der Waals surface area contributed by atoms with E-state index in [9.17, 15) is 9.59 Å². The number of anilines is 2. The van der Waals surface area contributed by atoms with Gasteiger partial charge in [-0.15, -0.1) is 11.3 Å². The Hall–Kier alpha value is -3.48. The number of hydrogen-bond donors (Lipinski definition) is 0. The zero-order chi connectivity index (χ0) is 20.9. The number of rotatable bonds is 3. The summed E-state index contributed by atoms with van der Waals surface area (Å²) < 4.78 is 0. The fourth-order valence-corrected chi connectivity index (χ4v) is 5.46. The van der Waals surface area contributed by atoms with E-state index in [4.69, 9.17) is 4.84 Å². The van der Waals surface area contributed by atoms with Crippen molar-refractivity contribution in [2.75, 3.05) is 9.96 Å². The van der Waals surface area contributed by atoms with Crippen LogP contribution in [0.4, 0.5) is 11.4 Å². The summed E-state index contributed by atoms with van der Waals surface area (Å²) >= 11 is 1.57. The highest BCUT2D eigenvalue weighted by Crippen LogP contribution is 2.49. The van der Waals surface area contributed by atoms with E-state index in [-0.39, 0.29) is 17.9 Å². The molecule has 4 aromatic rings. The molecular weight excluding hydrogens is 408 g/mol. The Balaban J connectivity index is 1.46. The van der Waals surface area contributed by atoms with Crippen LogP contribution in [0.25, 0.3) is 10.8 Å². The van der Waals surface area contributed by atoms with Crippen LogP contribution in [-0.4, -0.2) is 17.9 Å². The van der Waals surface area contributed by atoms with Gasteiger partial charge in [-0.1, -0.05) is 60.7 Å². The number of nitrogens with zero attached hydrogens (tertiary/aromatic N) is 2. The Morgan fingerprint density at radius 2 is 1.55 bits per heavy atom. The molecule has 2 amide bonds. The van der Waals surface area contributed by atoms with Gasteiger partial charge >= 0.3 is 0 Å². The Kier molecular flexibility index (Phi) is 4.16. The molecule has 2 fully saturated rings. The van der Waals surface area contributed by atoms with Crippen molar-refractivity contribution in [1.82, 2.24) is 0 Å². The number of imide groups is 1. The molecule has 6 rings (SSSR count). The second-order valence-electron chi connectivity index (χ2n) is 7.68. The smallest absolute Gasteiger partial charge is 0.266 e. The van der Waals surface area contributed by atoms with E-state index in [0.29, 0.717) is 5.69 Å². The lowest BCUT2D eigenvalue weighted by molar-refractivity contribution is -0.126. The van der Waals surface area contributed by atoms with E-state index in [2.05, 4.69) is 0 Å². The number of hydroxylamine groups is 1. The summed E-state index contributed by atoms with van der Waals surface area (Å²) in [6, 6.07) is 26.7. The number of carbonyl (C=O) groups is 2. The topological polar surface area (TPSA) is 49.9 Å². The summed E-state index contributed by atoms with van der Waals surface area (Å²) in [6.07, 6.45) is -0.848. The summed E-state index contributed by atoms with van der Waals surface area (Å²) in [5.74, 6) is -1.14. The van der Waals surface area contributed by atoms with Gasteiger partial charge < -0.3 is 0 Å². The summed E-state index contributed by atoms with van der Waals surface area (Å²) in [6.45, 7) is 0. The molecule has 0 radical (unpaired) electrons. The van der Waals surface area contributed by atoms with Crippen LogP contribution in [0.3, 0.4) is 0 Å². The minimum absolute atomic E-state index is 0.219. The van der Waals surface area contributed by atoms with Crippen LogP contribution in [0.15, 0.2) is 90.3 Å². The zero-order valence-corrected chi connectivity index (χ0v) is 17.2. The number of carbonyl (C=O) groups excluding carboxylic acids is 2. The van der Waals surface area contributed by atoms with Crippen molar-refractivity contribution in [3.05, 3.63) is 95.2 Å². The van der Waals surface area contributed by atoms with Crippen LogP contribution >= 0.6 is 11.3 Å². The highest BCUT2D eigenvalue weighted by atomic mass is 32.1. The van der Waals surface area contributed by atoms with E-state index >= 15 is 0 Å². The van der Waals surface area contributed by atoms with Gasteiger partial charge in [-0.3, -0.25) is 14.4 Å². The van der Waals surface area contributed by atoms with Crippen LogP contribution < -0.4 is 9.96 Å². The van der Waals surface area contributed by atoms with Crippen molar-refractivity contribution in [1.29, 1.82) is 0 Å². The number of hydrogen-bond acceptors (Lipinski definition) is 5. The summed E-state index contributed by atoms with van der Waals surface area (Å²) in [4.78, 5) is 35.7. The second-order valence-corrected chi connectivity index (χ2v) is 8.66. The number of benzene rings is 3. The molecule has 5 nitrogen and oxygen atoms in total. The van der Waals surface area contributed by atoms with E-state index in [1.54, 1.807) is 16.4 Å². The zero-order valence-electron chi connectivity index (χ0n) is 16.4. The SMILES string of the molecule is O=C1[C@@H]2[C@@H](c3cccs3)N(c3ccccc3)O[C@H]2C(=O)N1c1cccc2ccccc12. The first-order valence-corrected chi connectivity index (χ1v) is 11.0. The number of amides is 2. The number of fused-ring (bicyclic) bond motifs is 2. The van der Waals surface area contributed by atoms with E-state index in [1.165, 1.54) is 4.90 Å². The number of thiophene rings is 1. The monoisotopic (exact) mass is 426 g/mol. The van der Waals surface area contributed by atoms with Gasteiger partial charge in [-0.2, -0.15) is 0 Å². The molecule has 6 heteroatoms. The summed E-state index contributed by atoms with van der Waals surface area (Å²) in [5, 5.41) is 5.58. The molecule has 0 bridgehead atoms. The van der Waals surface area contributed by atoms with Gasteiger partial charge in [-0.25, -0.2) is 9.96 Å². The Labute approximate surface area is 183 Å². The van der Waals surface area contributed by atoms with Gasteiger partial charge in [0.15, 0.2) is 6.10 Å². The lowest BCUT2D eigenvalue weighted by atomic mass is 9.95. The van der Waals surface area contributed by atoms with Crippen LogP contribution in [-0.2, 0) is 14.4 Å². The first-order chi connectivity index (χ1) is 15.2. The van der Waals surface area contributed by atoms with Crippen LogP contribution in [0, 0.1) is 5.92 Å². The lowest BCUT2D eigenvalue weighted by Crippen LogP contribution is -2.37. The van der Waals surface area contributed by atoms with Crippen LogP contribution in [0.2, 0.25) is 0 Å². The average Bonchev–Trinajstić information content (AvgIpc) is 3.52. The Morgan fingerprint density at radius 1 is 0.774 bits per heavy atom. The molecule has 2 aliphatic rings.